The Balaban J connectivity index is 2.40. The fourth-order valence-corrected chi connectivity index (χ4v) is 2.70. The number of carbonyl (C=O) groups is 1. The van der Waals surface area contributed by atoms with Crippen LogP contribution in [-0.2, 0) is 0 Å². The SMILES string of the molecule is CCOc1c(Cl)cc(/C=C(/C#N)c2ccc(C(=O)O)cc2)cc1Cl. The van der Waals surface area contributed by atoms with E-state index in [0.717, 1.165) is 0 Å². The molecule has 24 heavy (non-hydrogen) atoms. The Morgan fingerprint density at radius 2 is 1.75 bits per heavy atom. The van der Waals surface area contributed by atoms with E-state index in [2.05, 4.69) is 6.07 Å². The van der Waals surface area contributed by atoms with E-state index in [1.165, 1.54) is 12.1 Å². The van der Waals surface area contributed by atoms with Crippen LogP contribution >= 0.6 is 23.2 Å². The second-order valence-corrected chi connectivity index (χ2v) is 5.61. The van der Waals surface area contributed by atoms with Gasteiger partial charge in [-0.15, -0.1) is 0 Å². The van der Waals surface area contributed by atoms with E-state index in [1.54, 1.807) is 30.3 Å². The molecule has 0 aliphatic carbocycles. The first-order valence-corrected chi connectivity index (χ1v) is 7.79. The van der Waals surface area contributed by atoms with Crippen molar-refractivity contribution in [3.05, 3.63) is 63.1 Å². The molecule has 0 aliphatic heterocycles. The molecule has 2 aromatic carbocycles. The zero-order valence-electron chi connectivity index (χ0n) is 12.7. The van der Waals surface area contributed by atoms with Crippen LogP contribution in [0.25, 0.3) is 11.6 Å². The molecule has 0 saturated heterocycles. The standard InChI is InChI=1S/C18H13Cl2NO3/c1-2-24-17-15(19)8-11(9-16(17)20)7-14(10-21)12-3-5-13(6-4-12)18(22)23/h3-9H,2H2,1H3,(H,22,23)/b14-7-. The van der Waals surface area contributed by atoms with Crippen LogP contribution in [0.15, 0.2) is 36.4 Å². The molecule has 122 valence electrons. The molecule has 0 saturated carbocycles. The van der Waals surface area contributed by atoms with Crippen LogP contribution in [0.2, 0.25) is 10.0 Å². The fraction of sp³-hybridized carbons (Fsp3) is 0.111. The minimum absolute atomic E-state index is 0.156. The number of carboxylic acids is 1. The fourth-order valence-electron chi connectivity index (χ4n) is 2.08. The highest BCUT2D eigenvalue weighted by Gasteiger charge is 2.10. The minimum atomic E-state index is -1.02. The van der Waals surface area contributed by atoms with Crippen molar-refractivity contribution in [3.8, 4) is 11.8 Å². The molecule has 1 N–H and O–H groups in total. The molecule has 0 amide bonds. The van der Waals surface area contributed by atoms with Crippen LogP contribution in [-0.4, -0.2) is 17.7 Å². The number of ether oxygens (including phenoxy) is 1. The van der Waals surface area contributed by atoms with Gasteiger partial charge in [-0.2, -0.15) is 5.26 Å². The molecule has 0 aromatic heterocycles. The van der Waals surface area contributed by atoms with Gasteiger partial charge in [-0.3, -0.25) is 0 Å². The molecular weight excluding hydrogens is 349 g/mol. The zero-order valence-corrected chi connectivity index (χ0v) is 14.2. The molecular formula is C18H13Cl2NO3. The summed E-state index contributed by atoms with van der Waals surface area (Å²) in [6.07, 6.45) is 1.63. The number of hydrogen-bond donors (Lipinski definition) is 1. The highest BCUT2D eigenvalue weighted by molar-refractivity contribution is 6.37. The predicted octanol–water partition coefficient (Wildman–Crippen LogP) is 5.15. The van der Waals surface area contributed by atoms with Crippen molar-refractivity contribution in [1.82, 2.24) is 0 Å². The summed E-state index contributed by atoms with van der Waals surface area (Å²) in [5.41, 5.74) is 1.77. The molecule has 2 aromatic rings. The summed E-state index contributed by atoms with van der Waals surface area (Å²) in [7, 11) is 0. The van der Waals surface area contributed by atoms with Crippen molar-refractivity contribution in [2.75, 3.05) is 6.61 Å². The summed E-state index contributed by atoms with van der Waals surface area (Å²) >= 11 is 12.3. The van der Waals surface area contributed by atoms with Crippen LogP contribution in [0.1, 0.15) is 28.4 Å². The van der Waals surface area contributed by atoms with Crippen molar-refractivity contribution >= 4 is 40.8 Å². The van der Waals surface area contributed by atoms with Gasteiger partial charge >= 0.3 is 5.97 Å². The van der Waals surface area contributed by atoms with Gasteiger partial charge in [-0.25, -0.2) is 4.79 Å². The average Bonchev–Trinajstić information content (AvgIpc) is 2.56. The molecule has 0 spiro atoms. The summed E-state index contributed by atoms with van der Waals surface area (Å²) < 4.78 is 5.37. The number of rotatable bonds is 5. The second-order valence-electron chi connectivity index (χ2n) is 4.80. The van der Waals surface area contributed by atoms with Crippen LogP contribution in [0.4, 0.5) is 0 Å². The van der Waals surface area contributed by atoms with Gasteiger partial charge in [0, 0.05) is 0 Å². The molecule has 2 rings (SSSR count). The van der Waals surface area contributed by atoms with E-state index < -0.39 is 5.97 Å². The lowest BCUT2D eigenvalue weighted by molar-refractivity contribution is 0.0697. The van der Waals surface area contributed by atoms with E-state index in [0.29, 0.717) is 39.1 Å². The Morgan fingerprint density at radius 1 is 1.21 bits per heavy atom. The summed E-state index contributed by atoms with van der Waals surface area (Å²) in [5, 5.41) is 19.0. The number of benzene rings is 2. The van der Waals surface area contributed by atoms with E-state index in [9.17, 15) is 10.1 Å². The quantitative estimate of drug-likeness (QED) is 0.590. The van der Waals surface area contributed by atoms with Crippen molar-refractivity contribution in [1.29, 1.82) is 5.26 Å². The minimum Gasteiger partial charge on any atom is -0.491 e. The molecule has 0 aliphatic rings. The second kappa shape index (κ2) is 7.87. The summed E-state index contributed by atoms with van der Waals surface area (Å²) in [5.74, 6) is -0.614. The molecule has 6 heteroatoms. The van der Waals surface area contributed by atoms with Gasteiger partial charge in [-0.1, -0.05) is 35.3 Å². The van der Waals surface area contributed by atoms with Gasteiger partial charge in [-0.05, 0) is 48.4 Å². The van der Waals surface area contributed by atoms with Crippen molar-refractivity contribution in [2.45, 2.75) is 6.92 Å². The number of halogens is 2. The van der Waals surface area contributed by atoms with Gasteiger partial charge in [0.15, 0.2) is 5.75 Å². The van der Waals surface area contributed by atoms with Crippen molar-refractivity contribution in [3.63, 3.8) is 0 Å². The Kier molecular flexibility index (Phi) is 5.86. The van der Waals surface area contributed by atoms with Crippen LogP contribution < -0.4 is 4.74 Å². The summed E-state index contributed by atoms with van der Waals surface area (Å²) in [4.78, 5) is 10.9. The smallest absolute Gasteiger partial charge is 0.335 e. The largest absolute Gasteiger partial charge is 0.491 e. The third-order valence-corrected chi connectivity index (χ3v) is 3.75. The van der Waals surface area contributed by atoms with E-state index in [4.69, 9.17) is 33.0 Å². The number of carboxylic acid groups (broad SMARTS) is 1. The molecule has 4 nitrogen and oxygen atoms in total. The highest BCUT2D eigenvalue weighted by Crippen LogP contribution is 2.35. The maximum atomic E-state index is 10.9. The maximum Gasteiger partial charge on any atom is 0.335 e. The molecule has 0 fully saturated rings. The number of nitrogens with zero attached hydrogens (tertiary/aromatic N) is 1. The number of aromatic carboxylic acids is 1. The Hall–Kier alpha value is -2.48. The Labute approximate surface area is 149 Å². The molecule has 0 radical (unpaired) electrons. The molecule has 0 atom stereocenters. The Morgan fingerprint density at radius 3 is 2.21 bits per heavy atom. The van der Waals surface area contributed by atoms with Gasteiger partial charge in [0.2, 0.25) is 0 Å². The lowest BCUT2D eigenvalue weighted by atomic mass is 10.0. The molecule has 0 bridgehead atoms. The summed E-state index contributed by atoms with van der Waals surface area (Å²) in [6.45, 7) is 2.27. The first-order valence-electron chi connectivity index (χ1n) is 7.03. The van der Waals surface area contributed by atoms with E-state index in [-0.39, 0.29) is 5.56 Å². The third-order valence-electron chi connectivity index (χ3n) is 3.18. The third kappa shape index (κ3) is 4.08. The predicted molar refractivity (Wildman–Crippen MR) is 94.5 cm³/mol. The monoisotopic (exact) mass is 361 g/mol. The van der Waals surface area contributed by atoms with Gasteiger partial charge in [0.1, 0.15) is 0 Å². The van der Waals surface area contributed by atoms with E-state index in [1.807, 2.05) is 6.92 Å². The van der Waals surface area contributed by atoms with E-state index >= 15 is 0 Å². The van der Waals surface area contributed by atoms with Gasteiger partial charge in [0.25, 0.3) is 0 Å². The molecule has 0 unspecified atom stereocenters. The average molecular weight is 362 g/mol. The van der Waals surface area contributed by atoms with Crippen LogP contribution in [0.5, 0.6) is 5.75 Å². The zero-order chi connectivity index (χ0) is 17.7. The lowest BCUT2D eigenvalue weighted by Crippen LogP contribution is -1.95. The van der Waals surface area contributed by atoms with Crippen LogP contribution in [0.3, 0.4) is 0 Å². The summed E-state index contributed by atoms with van der Waals surface area (Å²) in [6, 6.07) is 11.4. The first kappa shape index (κ1) is 17.9. The number of nitriles is 1. The topological polar surface area (TPSA) is 70.3 Å². The van der Waals surface area contributed by atoms with Gasteiger partial charge < -0.3 is 9.84 Å². The normalized spacial score (nSPS) is 11.0. The van der Waals surface area contributed by atoms with Crippen LogP contribution in [0, 0.1) is 11.3 Å². The van der Waals surface area contributed by atoms with Crippen molar-refractivity contribution in [2.24, 2.45) is 0 Å². The number of hydrogen-bond acceptors (Lipinski definition) is 3. The highest BCUT2D eigenvalue weighted by atomic mass is 35.5. The van der Waals surface area contributed by atoms with Gasteiger partial charge in [0.05, 0.1) is 33.9 Å². The number of allylic oxidation sites excluding steroid dienone is 1. The first-order chi connectivity index (χ1) is 11.5. The Bertz CT molecular complexity index is 813. The van der Waals surface area contributed by atoms with Crippen molar-refractivity contribution < 1.29 is 14.6 Å². The molecule has 0 heterocycles. The lowest BCUT2D eigenvalue weighted by Gasteiger charge is -2.09. The maximum absolute atomic E-state index is 10.9.